The summed E-state index contributed by atoms with van der Waals surface area (Å²) in [6.07, 6.45) is 0.941. The molecule has 0 fully saturated rings. The third-order valence-corrected chi connectivity index (χ3v) is 2.76. The van der Waals surface area contributed by atoms with Crippen LogP contribution in [0.15, 0.2) is 48.5 Å². The lowest BCUT2D eigenvalue weighted by Crippen LogP contribution is -2.05. The van der Waals surface area contributed by atoms with Gasteiger partial charge in [-0.3, -0.25) is 0 Å². The highest BCUT2D eigenvalue weighted by Crippen LogP contribution is 2.13. The minimum Gasteiger partial charge on any atom is -0.385 e. The zero-order chi connectivity index (χ0) is 12.1. The average molecular weight is 229 g/mol. The lowest BCUT2D eigenvalue weighted by molar-refractivity contribution is 0.619. The second kappa shape index (κ2) is 5.48. The van der Waals surface area contributed by atoms with Crippen molar-refractivity contribution in [3.05, 3.63) is 65.5 Å². The molecule has 88 valence electrons. The molecule has 0 heterocycles. The molecule has 2 aromatic rings. The van der Waals surface area contributed by atoms with Gasteiger partial charge in [0.05, 0.1) is 0 Å². The van der Waals surface area contributed by atoms with E-state index in [1.54, 1.807) is 19.1 Å². The number of halogens is 1. The number of anilines is 1. The standard InChI is InChI=1S/C15H16FN/c1-12-7-8-14(11-15(12)16)17-10-9-13-5-3-2-4-6-13/h2-8,11,17H,9-10H2,1H3. The third-order valence-electron chi connectivity index (χ3n) is 2.76. The smallest absolute Gasteiger partial charge is 0.128 e. The van der Waals surface area contributed by atoms with Crippen molar-refractivity contribution in [1.82, 2.24) is 0 Å². The first-order valence-electron chi connectivity index (χ1n) is 5.79. The van der Waals surface area contributed by atoms with Crippen molar-refractivity contribution in [3.8, 4) is 0 Å². The van der Waals surface area contributed by atoms with Crippen LogP contribution in [0, 0.1) is 12.7 Å². The van der Waals surface area contributed by atoms with E-state index < -0.39 is 0 Å². The number of aryl methyl sites for hydroxylation is 1. The van der Waals surface area contributed by atoms with Crippen LogP contribution in [-0.4, -0.2) is 6.54 Å². The van der Waals surface area contributed by atoms with Gasteiger partial charge < -0.3 is 5.32 Å². The van der Waals surface area contributed by atoms with Gasteiger partial charge in [0, 0.05) is 12.2 Å². The maximum absolute atomic E-state index is 13.3. The van der Waals surface area contributed by atoms with Crippen LogP contribution in [0.5, 0.6) is 0 Å². The van der Waals surface area contributed by atoms with Crippen LogP contribution >= 0.6 is 0 Å². The van der Waals surface area contributed by atoms with E-state index in [0.29, 0.717) is 5.56 Å². The van der Waals surface area contributed by atoms with Crippen molar-refractivity contribution in [3.63, 3.8) is 0 Å². The van der Waals surface area contributed by atoms with Crippen LogP contribution in [0.3, 0.4) is 0 Å². The van der Waals surface area contributed by atoms with Crippen LogP contribution in [0.1, 0.15) is 11.1 Å². The Morgan fingerprint density at radius 3 is 2.53 bits per heavy atom. The van der Waals surface area contributed by atoms with Gasteiger partial charge in [0.15, 0.2) is 0 Å². The normalized spacial score (nSPS) is 10.2. The minimum absolute atomic E-state index is 0.158. The summed E-state index contributed by atoms with van der Waals surface area (Å²) in [6, 6.07) is 15.5. The molecule has 2 rings (SSSR count). The van der Waals surface area contributed by atoms with Crippen molar-refractivity contribution < 1.29 is 4.39 Å². The third kappa shape index (κ3) is 3.31. The van der Waals surface area contributed by atoms with Crippen molar-refractivity contribution in [2.24, 2.45) is 0 Å². The first-order valence-corrected chi connectivity index (χ1v) is 5.79. The van der Waals surface area contributed by atoms with Crippen LogP contribution < -0.4 is 5.32 Å². The molecule has 2 heteroatoms. The maximum atomic E-state index is 13.3. The molecule has 0 radical (unpaired) electrons. The van der Waals surface area contributed by atoms with Gasteiger partial charge in [-0.25, -0.2) is 4.39 Å². The maximum Gasteiger partial charge on any atom is 0.128 e. The molecule has 0 aliphatic rings. The van der Waals surface area contributed by atoms with Gasteiger partial charge in [0.1, 0.15) is 5.82 Å². The molecular weight excluding hydrogens is 213 g/mol. The molecule has 0 saturated carbocycles. The Bertz CT molecular complexity index is 480. The molecule has 0 aliphatic heterocycles. The molecule has 0 bridgehead atoms. The summed E-state index contributed by atoms with van der Waals surface area (Å²) < 4.78 is 13.3. The van der Waals surface area contributed by atoms with Crippen LogP contribution in [0.4, 0.5) is 10.1 Å². The molecule has 17 heavy (non-hydrogen) atoms. The van der Waals surface area contributed by atoms with Crippen molar-refractivity contribution in [2.75, 3.05) is 11.9 Å². The predicted molar refractivity (Wildman–Crippen MR) is 69.8 cm³/mol. The molecule has 1 nitrogen and oxygen atoms in total. The molecule has 0 aromatic heterocycles. The topological polar surface area (TPSA) is 12.0 Å². The Kier molecular flexibility index (Phi) is 3.76. The van der Waals surface area contributed by atoms with Crippen molar-refractivity contribution >= 4 is 5.69 Å². The molecule has 0 saturated heterocycles. The predicted octanol–water partition coefficient (Wildman–Crippen LogP) is 3.79. The van der Waals surface area contributed by atoms with E-state index in [4.69, 9.17) is 0 Å². The summed E-state index contributed by atoms with van der Waals surface area (Å²) in [5.74, 6) is -0.158. The number of hydrogen-bond donors (Lipinski definition) is 1. The molecule has 0 aliphatic carbocycles. The molecule has 0 atom stereocenters. The van der Waals surface area contributed by atoms with Gasteiger partial charge in [0.2, 0.25) is 0 Å². The lowest BCUT2D eigenvalue weighted by Gasteiger charge is -2.07. The second-order valence-electron chi connectivity index (χ2n) is 4.13. The number of rotatable bonds is 4. The summed E-state index contributed by atoms with van der Waals surface area (Å²) in [4.78, 5) is 0. The Hall–Kier alpha value is -1.83. The first kappa shape index (κ1) is 11.6. The van der Waals surface area contributed by atoms with Gasteiger partial charge in [-0.15, -0.1) is 0 Å². The van der Waals surface area contributed by atoms with Crippen LogP contribution in [0.2, 0.25) is 0 Å². The van der Waals surface area contributed by atoms with Gasteiger partial charge in [-0.1, -0.05) is 36.4 Å². The van der Waals surface area contributed by atoms with Gasteiger partial charge in [-0.2, -0.15) is 0 Å². The second-order valence-corrected chi connectivity index (χ2v) is 4.13. The highest BCUT2D eigenvalue weighted by atomic mass is 19.1. The van der Waals surface area contributed by atoms with Gasteiger partial charge in [-0.05, 0) is 36.6 Å². The summed E-state index contributed by atoms with van der Waals surface area (Å²) in [5.41, 5.74) is 2.80. The van der Waals surface area contributed by atoms with Crippen molar-refractivity contribution in [2.45, 2.75) is 13.3 Å². The highest BCUT2D eigenvalue weighted by molar-refractivity contribution is 5.45. The zero-order valence-corrected chi connectivity index (χ0v) is 9.91. The minimum atomic E-state index is -0.158. The summed E-state index contributed by atoms with van der Waals surface area (Å²) in [7, 11) is 0. The molecule has 0 unspecified atom stereocenters. The fourth-order valence-corrected chi connectivity index (χ4v) is 1.70. The number of nitrogens with one attached hydrogen (secondary N) is 1. The van der Waals surface area contributed by atoms with E-state index >= 15 is 0 Å². The Balaban J connectivity index is 1.88. The average Bonchev–Trinajstić information content (AvgIpc) is 2.35. The van der Waals surface area contributed by atoms with Crippen LogP contribution in [-0.2, 0) is 6.42 Å². The Labute approximate surface area is 101 Å². The fourth-order valence-electron chi connectivity index (χ4n) is 1.70. The molecular formula is C15H16FN. The van der Waals surface area contributed by atoms with E-state index in [2.05, 4.69) is 17.4 Å². The number of hydrogen-bond acceptors (Lipinski definition) is 1. The number of benzene rings is 2. The lowest BCUT2D eigenvalue weighted by atomic mass is 10.1. The van der Waals surface area contributed by atoms with E-state index in [9.17, 15) is 4.39 Å². The van der Waals surface area contributed by atoms with Gasteiger partial charge in [0.25, 0.3) is 0 Å². The monoisotopic (exact) mass is 229 g/mol. The Morgan fingerprint density at radius 2 is 1.82 bits per heavy atom. The van der Waals surface area contributed by atoms with E-state index in [0.717, 1.165) is 18.7 Å². The molecule has 1 N–H and O–H groups in total. The zero-order valence-electron chi connectivity index (χ0n) is 9.91. The van der Waals surface area contributed by atoms with E-state index in [1.165, 1.54) is 5.56 Å². The van der Waals surface area contributed by atoms with Gasteiger partial charge >= 0.3 is 0 Å². The highest BCUT2D eigenvalue weighted by Gasteiger charge is 1.98. The molecule has 0 spiro atoms. The largest absolute Gasteiger partial charge is 0.385 e. The van der Waals surface area contributed by atoms with E-state index in [-0.39, 0.29) is 5.82 Å². The summed E-state index contributed by atoms with van der Waals surface area (Å²) >= 11 is 0. The quantitative estimate of drug-likeness (QED) is 0.841. The van der Waals surface area contributed by atoms with E-state index in [1.807, 2.05) is 24.3 Å². The first-order chi connectivity index (χ1) is 8.25. The summed E-state index contributed by atoms with van der Waals surface area (Å²) in [6.45, 7) is 2.58. The fraction of sp³-hybridized carbons (Fsp3) is 0.200. The summed E-state index contributed by atoms with van der Waals surface area (Å²) in [5, 5.41) is 3.22. The van der Waals surface area contributed by atoms with Crippen molar-refractivity contribution in [1.29, 1.82) is 0 Å². The van der Waals surface area contributed by atoms with Crippen LogP contribution in [0.25, 0.3) is 0 Å². The molecule has 0 amide bonds. The molecule has 2 aromatic carbocycles. The Morgan fingerprint density at radius 1 is 1.06 bits per heavy atom. The SMILES string of the molecule is Cc1ccc(NCCc2ccccc2)cc1F.